The molecule has 5 heteroatoms. The number of hydrogen-bond acceptors (Lipinski definition) is 4. The second-order valence-corrected chi connectivity index (χ2v) is 6.41. The van der Waals surface area contributed by atoms with Crippen LogP contribution in [-0.2, 0) is 17.7 Å². The molecule has 1 aliphatic heterocycles. The van der Waals surface area contributed by atoms with Gasteiger partial charge in [0.25, 0.3) is 0 Å². The monoisotopic (exact) mass is 299 g/mol. The Balaban J connectivity index is 1.73. The van der Waals surface area contributed by atoms with E-state index in [-0.39, 0.29) is 0 Å². The molecule has 0 radical (unpaired) electrons. The highest BCUT2D eigenvalue weighted by Gasteiger charge is 2.20. The highest BCUT2D eigenvalue weighted by Crippen LogP contribution is 2.22. The summed E-state index contributed by atoms with van der Waals surface area (Å²) in [6.45, 7) is 1.72. The minimum Gasteiger partial charge on any atom is -0.378 e. The molecule has 1 saturated heterocycles. The largest absolute Gasteiger partial charge is 0.378 e. The van der Waals surface area contributed by atoms with Crippen LogP contribution in [0, 0.1) is 0 Å². The van der Waals surface area contributed by atoms with E-state index in [4.69, 9.17) is 9.72 Å². The highest BCUT2D eigenvalue weighted by molar-refractivity contribution is 7.09. The number of pyridine rings is 1. The van der Waals surface area contributed by atoms with Crippen LogP contribution in [0.3, 0.4) is 0 Å². The summed E-state index contributed by atoms with van der Waals surface area (Å²) in [6.07, 6.45) is 5.32. The Labute approximate surface area is 127 Å². The molecule has 4 heterocycles. The smallest absolute Gasteiger partial charge is 0.160 e. The van der Waals surface area contributed by atoms with E-state index in [1.165, 1.54) is 4.88 Å². The predicted octanol–water partition coefficient (Wildman–Crippen LogP) is 3.26. The Morgan fingerprint density at radius 3 is 3.14 bits per heavy atom. The van der Waals surface area contributed by atoms with Crippen LogP contribution in [-0.4, -0.2) is 27.2 Å². The molecule has 3 aromatic heterocycles. The number of rotatable bonds is 4. The van der Waals surface area contributed by atoms with Crippen LogP contribution >= 0.6 is 11.3 Å². The summed E-state index contributed by atoms with van der Waals surface area (Å²) in [4.78, 5) is 10.6. The van der Waals surface area contributed by atoms with Crippen molar-refractivity contribution in [3.8, 4) is 0 Å². The van der Waals surface area contributed by atoms with Crippen LogP contribution in [0.5, 0.6) is 0 Å². The molecule has 0 saturated carbocycles. The van der Waals surface area contributed by atoms with Gasteiger partial charge in [-0.05, 0) is 36.4 Å². The zero-order valence-electron chi connectivity index (χ0n) is 11.7. The molecule has 0 amide bonds. The molecule has 4 rings (SSSR count). The Morgan fingerprint density at radius 2 is 2.33 bits per heavy atom. The van der Waals surface area contributed by atoms with Crippen molar-refractivity contribution in [2.75, 3.05) is 6.61 Å². The van der Waals surface area contributed by atoms with E-state index in [0.717, 1.165) is 49.4 Å². The summed E-state index contributed by atoms with van der Waals surface area (Å²) in [5.41, 5.74) is 1.95. The summed E-state index contributed by atoms with van der Waals surface area (Å²) >= 11 is 1.77. The minimum atomic E-state index is 0.309. The van der Waals surface area contributed by atoms with E-state index >= 15 is 0 Å². The first-order chi connectivity index (χ1) is 10.4. The van der Waals surface area contributed by atoms with Crippen molar-refractivity contribution in [2.45, 2.75) is 31.9 Å². The van der Waals surface area contributed by atoms with Gasteiger partial charge in [-0.2, -0.15) is 0 Å². The molecule has 21 heavy (non-hydrogen) atoms. The van der Waals surface area contributed by atoms with E-state index in [0.29, 0.717) is 6.10 Å². The zero-order valence-corrected chi connectivity index (χ0v) is 12.6. The van der Waals surface area contributed by atoms with Gasteiger partial charge >= 0.3 is 0 Å². The molecule has 4 nitrogen and oxygen atoms in total. The van der Waals surface area contributed by atoms with Crippen molar-refractivity contribution in [1.82, 2.24) is 14.5 Å². The van der Waals surface area contributed by atoms with Crippen molar-refractivity contribution >= 4 is 22.5 Å². The van der Waals surface area contributed by atoms with Gasteiger partial charge in [-0.3, -0.25) is 0 Å². The van der Waals surface area contributed by atoms with E-state index < -0.39 is 0 Å². The molecule has 0 aromatic carbocycles. The number of nitrogens with zero attached hydrogens (tertiary/aromatic N) is 3. The molecule has 1 unspecified atom stereocenters. The van der Waals surface area contributed by atoms with Gasteiger partial charge in [0.15, 0.2) is 5.65 Å². The standard InChI is InChI=1S/C16H17N3OS/c1-6-14-16(17-7-1)19(11-13-5-3-9-21-13)15(18-14)10-12-4-2-8-20-12/h1,3,5-7,9,12H,2,4,8,10-11H2. The van der Waals surface area contributed by atoms with Gasteiger partial charge < -0.3 is 9.30 Å². The lowest BCUT2D eigenvalue weighted by Gasteiger charge is -2.11. The van der Waals surface area contributed by atoms with Gasteiger partial charge in [0, 0.05) is 24.1 Å². The molecule has 0 spiro atoms. The van der Waals surface area contributed by atoms with Gasteiger partial charge in [0.05, 0.1) is 12.6 Å². The van der Waals surface area contributed by atoms with Crippen molar-refractivity contribution in [1.29, 1.82) is 0 Å². The van der Waals surface area contributed by atoms with E-state index in [1.54, 1.807) is 11.3 Å². The Kier molecular flexibility index (Phi) is 3.45. The fraction of sp³-hybridized carbons (Fsp3) is 0.375. The fourth-order valence-corrected chi connectivity index (χ4v) is 3.59. The number of imidazole rings is 1. The lowest BCUT2D eigenvalue weighted by molar-refractivity contribution is 0.109. The lowest BCUT2D eigenvalue weighted by Crippen LogP contribution is -2.14. The van der Waals surface area contributed by atoms with Crippen LogP contribution in [0.2, 0.25) is 0 Å². The first-order valence-electron chi connectivity index (χ1n) is 7.34. The summed E-state index contributed by atoms with van der Waals surface area (Å²) in [5.74, 6) is 1.09. The van der Waals surface area contributed by atoms with Crippen molar-refractivity contribution in [3.05, 3.63) is 46.5 Å². The molecule has 1 fully saturated rings. The maximum atomic E-state index is 5.77. The third-order valence-corrected chi connectivity index (χ3v) is 4.77. The highest BCUT2D eigenvalue weighted by atomic mass is 32.1. The van der Waals surface area contributed by atoms with Crippen LogP contribution in [0.25, 0.3) is 11.2 Å². The molecule has 0 bridgehead atoms. The first kappa shape index (κ1) is 13.0. The molecular weight excluding hydrogens is 282 g/mol. The quantitative estimate of drug-likeness (QED) is 0.742. The van der Waals surface area contributed by atoms with Gasteiger partial charge in [0.1, 0.15) is 11.3 Å². The maximum absolute atomic E-state index is 5.77. The first-order valence-corrected chi connectivity index (χ1v) is 8.22. The third-order valence-electron chi connectivity index (χ3n) is 3.91. The average molecular weight is 299 g/mol. The second kappa shape index (κ2) is 5.58. The van der Waals surface area contributed by atoms with E-state index in [2.05, 4.69) is 27.1 Å². The zero-order chi connectivity index (χ0) is 14.1. The maximum Gasteiger partial charge on any atom is 0.160 e. The molecule has 108 valence electrons. The molecule has 0 aliphatic carbocycles. The SMILES string of the molecule is c1csc(Cn2c(CC3CCCO3)nc3cccnc32)c1. The average Bonchev–Trinajstić information content (AvgIpc) is 3.23. The van der Waals surface area contributed by atoms with Gasteiger partial charge in [-0.1, -0.05) is 6.07 Å². The van der Waals surface area contributed by atoms with E-state index in [9.17, 15) is 0 Å². The summed E-state index contributed by atoms with van der Waals surface area (Å²) in [7, 11) is 0. The Bertz CT molecular complexity index is 729. The number of fused-ring (bicyclic) bond motifs is 1. The normalized spacial score (nSPS) is 18.6. The topological polar surface area (TPSA) is 39.9 Å². The minimum absolute atomic E-state index is 0.309. The molecule has 0 N–H and O–H groups in total. The van der Waals surface area contributed by atoms with Crippen LogP contribution in [0.15, 0.2) is 35.8 Å². The number of hydrogen-bond donors (Lipinski definition) is 0. The van der Waals surface area contributed by atoms with Crippen LogP contribution < -0.4 is 0 Å². The van der Waals surface area contributed by atoms with Gasteiger partial charge in [0.2, 0.25) is 0 Å². The Hall–Kier alpha value is -1.72. The summed E-state index contributed by atoms with van der Waals surface area (Å²) in [5, 5.41) is 2.11. The molecular formula is C16H17N3OS. The van der Waals surface area contributed by atoms with Crippen LogP contribution in [0.1, 0.15) is 23.5 Å². The summed E-state index contributed by atoms with van der Waals surface area (Å²) < 4.78 is 8.01. The van der Waals surface area contributed by atoms with E-state index in [1.807, 2.05) is 18.3 Å². The Morgan fingerprint density at radius 1 is 1.33 bits per heavy atom. The molecule has 1 aliphatic rings. The predicted molar refractivity (Wildman–Crippen MR) is 83.6 cm³/mol. The molecule has 1 atom stereocenters. The molecule has 3 aromatic rings. The lowest BCUT2D eigenvalue weighted by atomic mass is 10.2. The third kappa shape index (κ3) is 2.59. The fourth-order valence-electron chi connectivity index (χ4n) is 2.89. The number of aromatic nitrogens is 3. The summed E-state index contributed by atoms with van der Waals surface area (Å²) in [6, 6.07) is 8.23. The van der Waals surface area contributed by atoms with Crippen LogP contribution in [0.4, 0.5) is 0 Å². The number of ether oxygens (including phenoxy) is 1. The van der Waals surface area contributed by atoms with Gasteiger partial charge in [-0.25, -0.2) is 9.97 Å². The van der Waals surface area contributed by atoms with Crippen molar-refractivity contribution in [3.63, 3.8) is 0 Å². The number of thiophene rings is 1. The second-order valence-electron chi connectivity index (χ2n) is 5.38. The van der Waals surface area contributed by atoms with Gasteiger partial charge in [-0.15, -0.1) is 11.3 Å². The van der Waals surface area contributed by atoms with Crippen molar-refractivity contribution < 1.29 is 4.74 Å². The van der Waals surface area contributed by atoms with Crippen molar-refractivity contribution in [2.24, 2.45) is 0 Å².